The van der Waals surface area contributed by atoms with Gasteiger partial charge in [0, 0.05) is 16.5 Å². The summed E-state index contributed by atoms with van der Waals surface area (Å²) in [6, 6.07) is 17.3. The lowest BCUT2D eigenvalue weighted by atomic mass is 10.2. The van der Waals surface area contributed by atoms with E-state index < -0.39 is 0 Å². The van der Waals surface area contributed by atoms with Crippen LogP contribution in [0.2, 0.25) is 5.15 Å². The van der Waals surface area contributed by atoms with Crippen LogP contribution in [-0.2, 0) is 0 Å². The second kappa shape index (κ2) is 7.09. The number of halogens is 1. The minimum absolute atomic E-state index is 0.280. The number of hydrogen-bond acceptors (Lipinski definition) is 5. The molecule has 0 bridgehead atoms. The molecule has 134 valence electrons. The molecule has 0 aliphatic carbocycles. The Kier molecular flexibility index (Phi) is 4.48. The number of nitrogens with two attached hydrogens (primary N) is 1. The number of methoxy groups -OCH3 is 1. The lowest BCUT2D eigenvalue weighted by Crippen LogP contribution is -1.97. The van der Waals surface area contributed by atoms with Crippen molar-refractivity contribution in [2.75, 3.05) is 12.8 Å². The van der Waals surface area contributed by atoms with Crippen LogP contribution in [0.3, 0.4) is 0 Å². The molecule has 0 saturated carbocycles. The fourth-order valence-corrected chi connectivity index (χ4v) is 2.90. The number of rotatable bonds is 4. The van der Waals surface area contributed by atoms with Gasteiger partial charge < -0.3 is 10.5 Å². The van der Waals surface area contributed by atoms with Crippen LogP contribution < -0.4 is 10.5 Å². The molecule has 0 fully saturated rings. The molecule has 0 amide bonds. The summed E-state index contributed by atoms with van der Waals surface area (Å²) >= 11 is 6.27. The molecule has 0 radical (unpaired) electrons. The molecule has 2 heterocycles. The van der Waals surface area contributed by atoms with E-state index in [1.54, 1.807) is 19.5 Å². The summed E-state index contributed by atoms with van der Waals surface area (Å²) in [6.45, 7) is 0. The zero-order valence-corrected chi connectivity index (χ0v) is 15.3. The van der Waals surface area contributed by atoms with E-state index in [1.165, 1.54) is 4.68 Å². The molecular weight excluding hydrogens is 362 g/mol. The van der Waals surface area contributed by atoms with Gasteiger partial charge in [-0.3, -0.25) is 0 Å². The van der Waals surface area contributed by atoms with Crippen molar-refractivity contribution >= 4 is 34.7 Å². The number of fused-ring (bicyclic) bond motifs is 1. The van der Waals surface area contributed by atoms with Crippen LogP contribution in [0, 0.1) is 0 Å². The van der Waals surface area contributed by atoms with E-state index in [2.05, 4.69) is 15.1 Å². The van der Waals surface area contributed by atoms with Crippen molar-refractivity contribution in [1.29, 1.82) is 0 Å². The first-order valence-electron chi connectivity index (χ1n) is 8.23. The Hall–Kier alpha value is -3.38. The fourth-order valence-electron chi connectivity index (χ4n) is 2.70. The molecule has 0 unspecified atom stereocenters. The molecule has 2 aromatic carbocycles. The molecule has 7 heteroatoms. The van der Waals surface area contributed by atoms with Crippen molar-refractivity contribution in [2.45, 2.75) is 0 Å². The smallest absolute Gasteiger partial charge is 0.221 e. The van der Waals surface area contributed by atoms with Crippen LogP contribution in [-0.4, -0.2) is 28.0 Å². The molecule has 6 nitrogen and oxygen atoms in total. The molecule has 4 rings (SSSR count). The van der Waals surface area contributed by atoms with E-state index in [4.69, 9.17) is 22.1 Å². The summed E-state index contributed by atoms with van der Waals surface area (Å²) in [5.41, 5.74) is 9.17. The third kappa shape index (κ3) is 3.47. The van der Waals surface area contributed by atoms with Crippen LogP contribution in [0.15, 0.2) is 65.9 Å². The number of nitrogens with zero attached hydrogens (tertiary/aromatic N) is 4. The van der Waals surface area contributed by atoms with Gasteiger partial charge in [-0.2, -0.15) is 5.10 Å². The van der Waals surface area contributed by atoms with Crippen LogP contribution in [0.5, 0.6) is 5.75 Å². The van der Waals surface area contributed by atoms with E-state index in [9.17, 15) is 0 Å². The Morgan fingerprint density at radius 3 is 2.67 bits per heavy atom. The highest BCUT2D eigenvalue weighted by molar-refractivity contribution is 6.32. The number of para-hydroxylation sites is 1. The summed E-state index contributed by atoms with van der Waals surface area (Å²) in [6.07, 6.45) is 3.38. The summed E-state index contributed by atoms with van der Waals surface area (Å²) in [4.78, 5) is 8.74. The number of imidazole rings is 1. The number of benzene rings is 2. The largest absolute Gasteiger partial charge is 0.497 e. The number of pyridine rings is 1. The summed E-state index contributed by atoms with van der Waals surface area (Å²) in [7, 11) is 1.63. The molecule has 2 aromatic heterocycles. The zero-order valence-electron chi connectivity index (χ0n) is 14.5. The predicted octanol–water partition coefficient (Wildman–Crippen LogP) is 4.22. The topological polar surface area (TPSA) is 78.3 Å². The Balaban J connectivity index is 1.64. The summed E-state index contributed by atoms with van der Waals surface area (Å²) in [5, 5.41) is 5.75. The molecule has 0 atom stereocenters. The van der Waals surface area contributed by atoms with Gasteiger partial charge in [0.1, 0.15) is 10.9 Å². The molecular formula is C20H16ClN5O. The van der Waals surface area contributed by atoms with E-state index in [0.29, 0.717) is 10.7 Å². The maximum Gasteiger partial charge on any atom is 0.221 e. The standard InChI is InChI=1S/C20H16ClN5O/c1-27-16-8-6-13(7-9-16)18-12-26(20(22)25-18)23-11-15-10-14-4-2-3-5-17(14)24-19(15)21/h2-12H,1H3,(H2,22,25)/b23-11+. The highest BCUT2D eigenvalue weighted by Gasteiger charge is 2.08. The maximum absolute atomic E-state index is 6.27. The van der Waals surface area contributed by atoms with Gasteiger partial charge in [0.2, 0.25) is 5.95 Å². The Bertz CT molecular complexity index is 1140. The van der Waals surface area contributed by atoms with Gasteiger partial charge in [-0.1, -0.05) is 29.8 Å². The van der Waals surface area contributed by atoms with Crippen LogP contribution in [0.4, 0.5) is 5.95 Å². The average molecular weight is 378 g/mol. The lowest BCUT2D eigenvalue weighted by molar-refractivity contribution is 0.415. The van der Waals surface area contributed by atoms with Crippen molar-refractivity contribution in [1.82, 2.24) is 14.6 Å². The van der Waals surface area contributed by atoms with Gasteiger partial charge >= 0.3 is 0 Å². The SMILES string of the molecule is COc1ccc(-c2cn(/N=C/c3cc4ccccc4nc3Cl)c(N)n2)cc1. The second-order valence-corrected chi connectivity index (χ2v) is 6.22. The molecule has 0 aliphatic heterocycles. The van der Waals surface area contributed by atoms with Crippen LogP contribution in [0.1, 0.15) is 5.56 Å². The van der Waals surface area contributed by atoms with Crippen LogP contribution >= 0.6 is 11.6 Å². The molecule has 27 heavy (non-hydrogen) atoms. The lowest BCUT2D eigenvalue weighted by Gasteiger charge is -2.02. The van der Waals surface area contributed by atoms with Gasteiger partial charge in [0.05, 0.1) is 30.7 Å². The highest BCUT2D eigenvalue weighted by Crippen LogP contribution is 2.23. The minimum atomic E-state index is 0.280. The van der Waals surface area contributed by atoms with E-state index in [0.717, 1.165) is 27.9 Å². The third-order valence-electron chi connectivity index (χ3n) is 4.13. The minimum Gasteiger partial charge on any atom is -0.497 e. The quantitative estimate of drug-likeness (QED) is 0.426. The van der Waals surface area contributed by atoms with Gasteiger partial charge in [-0.25, -0.2) is 14.6 Å². The highest BCUT2D eigenvalue weighted by atomic mass is 35.5. The summed E-state index contributed by atoms with van der Waals surface area (Å²) < 4.78 is 6.68. The Labute approximate surface area is 160 Å². The summed E-state index contributed by atoms with van der Waals surface area (Å²) in [5.74, 6) is 1.06. The first-order valence-corrected chi connectivity index (χ1v) is 8.61. The van der Waals surface area contributed by atoms with Crippen molar-refractivity contribution in [3.05, 3.63) is 71.5 Å². The number of anilines is 1. The van der Waals surface area contributed by atoms with E-state index in [-0.39, 0.29) is 5.95 Å². The predicted molar refractivity (Wildman–Crippen MR) is 108 cm³/mol. The van der Waals surface area contributed by atoms with Crippen molar-refractivity contribution in [2.24, 2.45) is 5.10 Å². The normalized spacial score (nSPS) is 11.3. The molecule has 4 aromatic rings. The molecule has 0 spiro atoms. The van der Waals surface area contributed by atoms with Gasteiger partial charge in [0.25, 0.3) is 0 Å². The molecule has 0 saturated heterocycles. The van der Waals surface area contributed by atoms with Crippen molar-refractivity contribution in [3.8, 4) is 17.0 Å². The zero-order chi connectivity index (χ0) is 18.8. The van der Waals surface area contributed by atoms with Crippen molar-refractivity contribution in [3.63, 3.8) is 0 Å². The number of aromatic nitrogens is 3. The maximum atomic E-state index is 6.27. The van der Waals surface area contributed by atoms with Gasteiger partial charge in [-0.05, 0) is 36.4 Å². The van der Waals surface area contributed by atoms with Gasteiger partial charge in [0.15, 0.2) is 0 Å². The Morgan fingerprint density at radius 2 is 1.89 bits per heavy atom. The number of hydrogen-bond donors (Lipinski definition) is 1. The van der Waals surface area contributed by atoms with E-state index in [1.807, 2.05) is 54.6 Å². The second-order valence-electron chi connectivity index (χ2n) is 5.86. The Morgan fingerprint density at radius 1 is 1.11 bits per heavy atom. The molecule has 2 N–H and O–H groups in total. The van der Waals surface area contributed by atoms with Crippen LogP contribution in [0.25, 0.3) is 22.2 Å². The van der Waals surface area contributed by atoms with Gasteiger partial charge in [-0.15, -0.1) is 0 Å². The van der Waals surface area contributed by atoms with E-state index >= 15 is 0 Å². The number of ether oxygens (including phenoxy) is 1. The number of nitrogen functional groups attached to an aromatic ring is 1. The third-order valence-corrected chi connectivity index (χ3v) is 4.43. The monoisotopic (exact) mass is 377 g/mol. The first kappa shape index (κ1) is 17.1. The van der Waals surface area contributed by atoms with Crippen molar-refractivity contribution < 1.29 is 4.74 Å². The molecule has 0 aliphatic rings. The first-order chi connectivity index (χ1) is 13.1. The average Bonchev–Trinajstić information content (AvgIpc) is 3.07. The fraction of sp³-hybridized carbons (Fsp3) is 0.0500.